The molecule has 0 heterocycles. The first-order valence-corrected chi connectivity index (χ1v) is 5.16. The topological polar surface area (TPSA) is 47.6 Å². The van der Waals surface area contributed by atoms with E-state index in [0.717, 1.165) is 19.3 Å². The first kappa shape index (κ1) is 13.2. The van der Waals surface area contributed by atoms with Crippen LogP contribution in [0.2, 0.25) is 0 Å². The van der Waals surface area contributed by atoms with Gasteiger partial charge in [-0.1, -0.05) is 20.3 Å². The van der Waals surface area contributed by atoms with Gasteiger partial charge in [0.1, 0.15) is 6.61 Å². The van der Waals surface area contributed by atoms with Crippen LogP contribution >= 0.6 is 0 Å². The van der Waals surface area contributed by atoms with Crippen LogP contribution in [0.1, 0.15) is 33.1 Å². The van der Waals surface area contributed by atoms with E-state index in [-0.39, 0.29) is 12.1 Å². The van der Waals surface area contributed by atoms with E-state index in [4.69, 9.17) is 9.47 Å². The van der Waals surface area contributed by atoms with Gasteiger partial charge in [0.05, 0.1) is 6.61 Å². The van der Waals surface area contributed by atoms with E-state index in [0.29, 0.717) is 13.2 Å². The molecule has 0 radical (unpaired) electrons. The number of hydrogen-bond acceptors (Lipinski definition) is 3. The van der Waals surface area contributed by atoms with Crippen molar-refractivity contribution in [3.63, 3.8) is 0 Å². The lowest BCUT2D eigenvalue weighted by Gasteiger charge is -2.15. The molecule has 0 aromatic carbocycles. The molecule has 0 aliphatic rings. The smallest absolute Gasteiger partial charge is 0.407 e. The van der Waals surface area contributed by atoms with Gasteiger partial charge in [-0.25, -0.2) is 4.79 Å². The Balaban J connectivity index is 3.56. The quantitative estimate of drug-likeness (QED) is 0.643. The summed E-state index contributed by atoms with van der Waals surface area (Å²) in [6.07, 6.45) is 2.65. The molecule has 0 aliphatic carbocycles. The molecule has 1 N–H and O–H groups in total. The van der Waals surface area contributed by atoms with Crippen LogP contribution in [0.3, 0.4) is 0 Å². The zero-order valence-corrected chi connectivity index (χ0v) is 9.34. The standard InChI is InChI=1S/C10H21NO3/c1-4-6-9(5-2)11-10(12)14-8-7-13-3/h9H,4-8H2,1-3H3,(H,11,12)/t9-/m0/s1. The van der Waals surface area contributed by atoms with Crippen molar-refractivity contribution in [2.24, 2.45) is 0 Å². The zero-order valence-electron chi connectivity index (χ0n) is 9.34. The van der Waals surface area contributed by atoms with E-state index < -0.39 is 0 Å². The number of nitrogens with one attached hydrogen (secondary N) is 1. The van der Waals surface area contributed by atoms with Crippen LogP contribution in [0.4, 0.5) is 4.79 Å². The van der Waals surface area contributed by atoms with Crippen molar-refractivity contribution in [3.05, 3.63) is 0 Å². The van der Waals surface area contributed by atoms with Gasteiger partial charge in [0.25, 0.3) is 0 Å². The van der Waals surface area contributed by atoms with E-state index in [2.05, 4.69) is 19.2 Å². The van der Waals surface area contributed by atoms with Crippen molar-refractivity contribution in [2.45, 2.75) is 39.2 Å². The highest BCUT2D eigenvalue weighted by molar-refractivity contribution is 5.67. The molecule has 0 spiro atoms. The fourth-order valence-electron chi connectivity index (χ4n) is 1.15. The Morgan fingerprint density at radius 3 is 2.57 bits per heavy atom. The Morgan fingerprint density at radius 2 is 2.07 bits per heavy atom. The second kappa shape index (κ2) is 8.81. The summed E-state index contributed by atoms with van der Waals surface area (Å²) in [5.74, 6) is 0. The van der Waals surface area contributed by atoms with Crippen molar-refractivity contribution in [1.29, 1.82) is 0 Å². The minimum absolute atomic E-state index is 0.232. The van der Waals surface area contributed by atoms with Crippen LogP contribution in [0.25, 0.3) is 0 Å². The first-order valence-electron chi connectivity index (χ1n) is 5.16. The number of alkyl carbamates (subject to hydrolysis) is 1. The Hall–Kier alpha value is -0.770. The molecular formula is C10H21NO3. The summed E-state index contributed by atoms with van der Waals surface area (Å²) in [4.78, 5) is 11.2. The lowest BCUT2D eigenvalue weighted by Crippen LogP contribution is -2.35. The molecule has 0 bridgehead atoms. The molecule has 0 aromatic heterocycles. The van der Waals surface area contributed by atoms with E-state index >= 15 is 0 Å². The third-order valence-electron chi connectivity index (χ3n) is 1.97. The average molecular weight is 203 g/mol. The summed E-state index contributed by atoms with van der Waals surface area (Å²) in [5.41, 5.74) is 0. The maximum atomic E-state index is 11.2. The van der Waals surface area contributed by atoms with Gasteiger partial charge in [-0.3, -0.25) is 0 Å². The van der Waals surface area contributed by atoms with Crippen LogP contribution in [0.5, 0.6) is 0 Å². The molecular weight excluding hydrogens is 182 g/mol. The maximum absolute atomic E-state index is 11.2. The molecule has 0 fully saturated rings. The van der Waals surface area contributed by atoms with Crippen molar-refractivity contribution >= 4 is 6.09 Å². The SMILES string of the molecule is CCC[C@H](CC)NC(=O)OCCOC. The van der Waals surface area contributed by atoms with Crippen LogP contribution in [-0.2, 0) is 9.47 Å². The van der Waals surface area contributed by atoms with E-state index in [9.17, 15) is 4.79 Å². The summed E-state index contributed by atoms with van der Waals surface area (Å²) in [6.45, 7) is 4.90. The fourth-order valence-corrected chi connectivity index (χ4v) is 1.15. The molecule has 1 amide bonds. The molecule has 0 rings (SSSR count). The number of carbonyl (C=O) groups excluding carboxylic acids is 1. The van der Waals surface area contributed by atoms with Crippen LogP contribution in [0.15, 0.2) is 0 Å². The molecule has 4 nitrogen and oxygen atoms in total. The van der Waals surface area contributed by atoms with E-state index in [1.54, 1.807) is 7.11 Å². The lowest BCUT2D eigenvalue weighted by molar-refractivity contribution is 0.0960. The van der Waals surface area contributed by atoms with Crippen molar-refractivity contribution < 1.29 is 14.3 Å². The predicted octanol–water partition coefficient (Wildman–Crippen LogP) is 1.94. The van der Waals surface area contributed by atoms with Crippen LogP contribution in [-0.4, -0.2) is 32.5 Å². The van der Waals surface area contributed by atoms with E-state index in [1.165, 1.54) is 0 Å². The zero-order chi connectivity index (χ0) is 10.8. The molecule has 0 saturated carbocycles. The molecule has 0 aromatic rings. The Morgan fingerprint density at radius 1 is 1.36 bits per heavy atom. The second-order valence-corrected chi connectivity index (χ2v) is 3.17. The number of amides is 1. The van der Waals surface area contributed by atoms with Crippen LogP contribution in [0, 0.1) is 0 Å². The summed E-state index contributed by atoms with van der Waals surface area (Å²) in [6, 6.07) is 0.232. The Bertz CT molecular complexity index is 150. The number of methoxy groups -OCH3 is 1. The largest absolute Gasteiger partial charge is 0.447 e. The molecule has 84 valence electrons. The molecule has 4 heteroatoms. The molecule has 0 aliphatic heterocycles. The Kier molecular flexibility index (Phi) is 8.33. The van der Waals surface area contributed by atoms with Gasteiger partial charge in [0.15, 0.2) is 0 Å². The summed E-state index contributed by atoms with van der Waals surface area (Å²) < 4.78 is 9.65. The monoisotopic (exact) mass is 203 g/mol. The lowest BCUT2D eigenvalue weighted by atomic mass is 10.1. The van der Waals surface area contributed by atoms with Gasteiger partial charge < -0.3 is 14.8 Å². The Labute approximate surface area is 86.0 Å². The number of rotatable bonds is 7. The van der Waals surface area contributed by atoms with Crippen molar-refractivity contribution in [3.8, 4) is 0 Å². The van der Waals surface area contributed by atoms with Gasteiger partial charge in [0.2, 0.25) is 0 Å². The minimum atomic E-state index is -0.345. The first-order chi connectivity index (χ1) is 6.74. The van der Waals surface area contributed by atoms with Gasteiger partial charge in [0, 0.05) is 13.2 Å². The van der Waals surface area contributed by atoms with Gasteiger partial charge in [-0.15, -0.1) is 0 Å². The summed E-state index contributed by atoms with van der Waals surface area (Å²) >= 11 is 0. The van der Waals surface area contributed by atoms with Crippen molar-refractivity contribution in [2.75, 3.05) is 20.3 Å². The predicted molar refractivity (Wildman–Crippen MR) is 55.3 cm³/mol. The maximum Gasteiger partial charge on any atom is 0.407 e. The molecule has 0 saturated heterocycles. The van der Waals surface area contributed by atoms with Crippen molar-refractivity contribution in [1.82, 2.24) is 5.32 Å². The average Bonchev–Trinajstić information content (AvgIpc) is 2.17. The molecule has 0 unspecified atom stereocenters. The van der Waals surface area contributed by atoms with Crippen LogP contribution < -0.4 is 5.32 Å². The molecule has 1 atom stereocenters. The highest BCUT2D eigenvalue weighted by atomic mass is 16.6. The highest BCUT2D eigenvalue weighted by Gasteiger charge is 2.09. The van der Waals surface area contributed by atoms with E-state index in [1.807, 2.05) is 0 Å². The minimum Gasteiger partial charge on any atom is -0.447 e. The number of ether oxygens (including phenoxy) is 2. The second-order valence-electron chi connectivity index (χ2n) is 3.17. The number of hydrogen-bond donors (Lipinski definition) is 1. The third-order valence-corrected chi connectivity index (χ3v) is 1.97. The van der Waals surface area contributed by atoms with Gasteiger partial charge >= 0.3 is 6.09 Å². The normalized spacial score (nSPS) is 12.2. The van der Waals surface area contributed by atoms with Gasteiger partial charge in [-0.2, -0.15) is 0 Å². The third kappa shape index (κ3) is 6.71. The molecule has 14 heavy (non-hydrogen) atoms. The fraction of sp³-hybridized carbons (Fsp3) is 0.900. The highest BCUT2D eigenvalue weighted by Crippen LogP contribution is 2.00. The van der Waals surface area contributed by atoms with Gasteiger partial charge in [-0.05, 0) is 12.8 Å². The summed E-state index contributed by atoms with van der Waals surface area (Å²) in [7, 11) is 1.58. The summed E-state index contributed by atoms with van der Waals surface area (Å²) in [5, 5.41) is 2.81. The number of carbonyl (C=O) groups is 1.